The van der Waals surface area contributed by atoms with Crippen LogP contribution in [-0.4, -0.2) is 54.0 Å². The molecule has 0 saturated heterocycles. The van der Waals surface area contributed by atoms with E-state index in [9.17, 15) is 19.2 Å². The molecule has 0 unspecified atom stereocenters. The molecular formula is C16H30N4O5. The van der Waals surface area contributed by atoms with Gasteiger partial charge in [-0.05, 0) is 32.1 Å². The first-order valence-corrected chi connectivity index (χ1v) is 8.57. The summed E-state index contributed by atoms with van der Waals surface area (Å²) in [6.45, 7) is 4.23. The van der Waals surface area contributed by atoms with E-state index in [-0.39, 0.29) is 30.6 Å². The number of rotatable bonds is 13. The van der Waals surface area contributed by atoms with E-state index in [1.54, 1.807) is 0 Å². The summed E-state index contributed by atoms with van der Waals surface area (Å²) in [5.41, 5.74) is 5.59. The minimum Gasteiger partial charge on any atom is -0.481 e. The molecule has 0 radical (unpaired) electrons. The summed E-state index contributed by atoms with van der Waals surface area (Å²) in [5.74, 6) is -1.86. The topological polar surface area (TPSA) is 151 Å². The second-order valence-electron chi connectivity index (χ2n) is 5.87. The van der Waals surface area contributed by atoms with Gasteiger partial charge < -0.3 is 26.8 Å². The predicted octanol–water partition coefficient (Wildman–Crippen LogP) is -0.504. The molecule has 0 heterocycles. The van der Waals surface area contributed by atoms with Crippen molar-refractivity contribution in [1.82, 2.24) is 16.0 Å². The second-order valence-corrected chi connectivity index (χ2v) is 5.87. The van der Waals surface area contributed by atoms with Gasteiger partial charge in [0.15, 0.2) is 0 Å². The summed E-state index contributed by atoms with van der Waals surface area (Å²) >= 11 is 0. The molecule has 144 valence electrons. The Morgan fingerprint density at radius 3 is 2.20 bits per heavy atom. The maximum absolute atomic E-state index is 12.0. The van der Waals surface area contributed by atoms with E-state index in [4.69, 9.17) is 10.8 Å². The highest BCUT2D eigenvalue weighted by Gasteiger charge is 2.18. The van der Waals surface area contributed by atoms with E-state index in [1.807, 2.05) is 6.92 Å². The zero-order chi connectivity index (χ0) is 19.2. The predicted molar refractivity (Wildman–Crippen MR) is 92.6 cm³/mol. The standard InChI is InChI=1S/C16H30N4O5/c1-3-9-18-16(25)13(20-11(2)21)6-4-5-10-19-15(24)12(17)7-8-14(22)23/h12-13H,3-10,17H2,1-2H3,(H,18,25)(H,19,24)(H,20,21)(H,22,23)/t12-,13+/m0/s1. The van der Waals surface area contributed by atoms with Crippen LogP contribution in [0, 0.1) is 0 Å². The molecule has 0 spiro atoms. The molecule has 25 heavy (non-hydrogen) atoms. The SMILES string of the molecule is CCCNC(=O)[C@@H](CCCCNC(=O)[C@@H](N)CCC(=O)O)NC(C)=O. The Morgan fingerprint density at radius 2 is 1.64 bits per heavy atom. The number of carboxylic acids is 1. The summed E-state index contributed by atoms with van der Waals surface area (Å²) in [6.07, 6.45) is 2.47. The van der Waals surface area contributed by atoms with Crippen LogP contribution in [0.25, 0.3) is 0 Å². The number of nitrogens with two attached hydrogens (primary N) is 1. The summed E-state index contributed by atoms with van der Waals surface area (Å²) in [6, 6.07) is -1.43. The average Bonchev–Trinajstić information content (AvgIpc) is 2.55. The van der Waals surface area contributed by atoms with Gasteiger partial charge in [-0.25, -0.2) is 0 Å². The molecule has 9 nitrogen and oxygen atoms in total. The molecule has 0 aliphatic rings. The number of hydrogen-bond donors (Lipinski definition) is 5. The van der Waals surface area contributed by atoms with Crippen molar-refractivity contribution in [2.45, 2.75) is 64.5 Å². The highest BCUT2D eigenvalue weighted by atomic mass is 16.4. The Balaban J connectivity index is 4.07. The first-order chi connectivity index (χ1) is 11.8. The minimum absolute atomic E-state index is 0.0867. The van der Waals surface area contributed by atoms with E-state index < -0.39 is 18.1 Å². The first-order valence-electron chi connectivity index (χ1n) is 8.57. The van der Waals surface area contributed by atoms with Gasteiger partial charge in [0.2, 0.25) is 17.7 Å². The Kier molecular flexibility index (Phi) is 12.0. The molecule has 0 rings (SSSR count). The number of hydrogen-bond acceptors (Lipinski definition) is 5. The fraction of sp³-hybridized carbons (Fsp3) is 0.750. The average molecular weight is 358 g/mol. The van der Waals surface area contributed by atoms with Crippen molar-refractivity contribution in [1.29, 1.82) is 0 Å². The highest BCUT2D eigenvalue weighted by Crippen LogP contribution is 2.02. The molecule has 0 aliphatic heterocycles. The fourth-order valence-electron chi connectivity index (χ4n) is 2.11. The molecule has 9 heteroatoms. The monoisotopic (exact) mass is 358 g/mol. The van der Waals surface area contributed by atoms with Crippen LogP contribution in [0.2, 0.25) is 0 Å². The molecule has 0 fully saturated rings. The maximum atomic E-state index is 12.0. The van der Waals surface area contributed by atoms with Gasteiger partial charge >= 0.3 is 5.97 Å². The van der Waals surface area contributed by atoms with E-state index >= 15 is 0 Å². The van der Waals surface area contributed by atoms with Gasteiger partial charge in [-0.3, -0.25) is 19.2 Å². The van der Waals surface area contributed by atoms with Crippen LogP contribution in [0.15, 0.2) is 0 Å². The zero-order valence-electron chi connectivity index (χ0n) is 15.0. The molecular weight excluding hydrogens is 328 g/mol. The van der Waals surface area contributed by atoms with Crippen molar-refractivity contribution in [3.8, 4) is 0 Å². The Morgan fingerprint density at radius 1 is 1.00 bits per heavy atom. The van der Waals surface area contributed by atoms with E-state index in [0.29, 0.717) is 32.4 Å². The summed E-state index contributed by atoms with van der Waals surface area (Å²) in [5, 5.41) is 16.6. The molecule has 2 atom stereocenters. The Bertz CT molecular complexity index is 456. The van der Waals surface area contributed by atoms with Gasteiger partial charge in [0.25, 0.3) is 0 Å². The van der Waals surface area contributed by atoms with Crippen molar-refractivity contribution >= 4 is 23.7 Å². The molecule has 0 aromatic heterocycles. The van der Waals surface area contributed by atoms with Gasteiger partial charge in [0.05, 0.1) is 6.04 Å². The van der Waals surface area contributed by atoms with Crippen molar-refractivity contribution < 1.29 is 24.3 Å². The molecule has 0 bridgehead atoms. The number of carbonyl (C=O) groups is 4. The van der Waals surface area contributed by atoms with Gasteiger partial charge in [0.1, 0.15) is 6.04 Å². The van der Waals surface area contributed by atoms with Crippen molar-refractivity contribution in [2.24, 2.45) is 5.73 Å². The van der Waals surface area contributed by atoms with E-state index in [0.717, 1.165) is 6.42 Å². The van der Waals surface area contributed by atoms with Crippen LogP contribution in [0.4, 0.5) is 0 Å². The highest BCUT2D eigenvalue weighted by molar-refractivity contribution is 5.86. The quantitative estimate of drug-likeness (QED) is 0.280. The van der Waals surface area contributed by atoms with Crippen molar-refractivity contribution in [2.75, 3.05) is 13.1 Å². The number of carbonyl (C=O) groups excluding carboxylic acids is 3. The fourth-order valence-corrected chi connectivity index (χ4v) is 2.11. The molecule has 0 saturated carbocycles. The summed E-state index contributed by atoms with van der Waals surface area (Å²) < 4.78 is 0. The third-order valence-corrected chi connectivity index (χ3v) is 3.47. The van der Waals surface area contributed by atoms with Crippen LogP contribution >= 0.6 is 0 Å². The molecule has 0 aliphatic carbocycles. The number of amides is 3. The van der Waals surface area contributed by atoms with Crippen LogP contribution < -0.4 is 21.7 Å². The molecule has 0 aromatic rings. The smallest absolute Gasteiger partial charge is 0.303 e. The second kappa shape index (κ2) is 13.2. The van der Waals surface area contributed by atoms with Crippen LogP contribution in [0.1, 0.15) is 52.4 Å². The first kappa shape index (κ1) is 22.8. The Hall–Kier alpha value is -2.16. The third kappa shape index (κ3) is 11.9. The van der Waals surface area contributed by atoms with Gasteiger partial charge in [0, 0.05) is 26.4 Å². The summed E-state index contributed by atoms with van der Waals surface area (Å²) in [7, 11) is 0. The number of nitrogens with one attached hydrogen (secondary N) is 3. The van der Waals surface area contributed by atoms with Crippen molar-refractivity contribution in [3.05, 3.63) is 0 Å². The number of unbranched alkanes of at least 4 members (excludes halogenated alkanes) is 1. The van der Waals surface area contributed by atoms with E-state index in [1.165, 1.54) is 6.92 Å². The minimum atomic E-state index is -0.992. The molecule has 3 amide bonds. The van der Waals surface area contributed by atoms with Crippen molar-refractivity contribution in [3.63, 3.8) is 0 Å². The summed E-state index contributed by atoms with van der Waals surface area (Å²) in [4.78, 5) is 45.3. The van der Waals surface area contributed by atoms with Crippen LogP contribution in [-0.2, 0) is 19.2 Å². The molecule has 6 N–H and O–H groups in total. The lowest BCUT2D eigenvalue weighted by Crippen LogP contribution is -2.46. The van der Waals surface area contributed by atoms with E-state index in [2.05, 4.69) is 16.0 Å². The number of aliphatic carboxylic acids is 1. The third-order valence-electron chi connectivity index (χ3n) is 3.47. The molecule has 0 aromatic carbocycles. The Labute approximate surface area is 148 Å². The van der Waals surface area contributed by atoms with Gasteiger partial charge in [-0.2, -0.15) is 0 Å². The number of carboxylic acid groups (broad SMARTS) is 1. The lowest BCUT2D eigenvalue weighted by Gasteiger charge is -2.17. The van der Waals surface area contributed by atoms with Gasteiger partial charge in [-0.15, -0.1) is 0 Å². The van der Waals surface area contributed by atoms with Crippen LogP contribution in [0.5, 0.6) is 0 Å². The maximum Gasteiger partial charge on any atom is 0.303 e. The largest absolute Gasteiger partial charge is 0.481 e. The van der Waals surface area contributed by atoms with Crippen LogP contribution in [0.3, 0.4) is 0 Å². The van der Waals surface area contributed by atoms with Gasteiger partial charge in [-0.1, -0.05) is 6.92 Å². The zero-order valence-corrected chi connectivity index (χ0v) is 15.0. The lowest BCUT2D eigenvalue weighted by atomic mass is 10.1. The lowest BCUT2D eigenvalue weighted by molar-refractivity contribution is -0.137. The normalized spacial score (nSPS) is 12.8.